The fraction of sp³-hybridized carbons (Fsp3) is 0.471. The van der Waals surface area contributed by atoms with Crippen molar-refractivity contribution in [2.75, 3.05) is 46.4 Å². The van der Waals surface area contributed by atoms with Gasteiger partial charge in [-0.1, -0.05) is 11.6 Å². The fourth-order valence-electron chi connectivity index (χ4n) is 2.94. The van der Waals surface area contributed by atoms with Crippen LogP contribution in [0.2, 0.25) is 5.15 Å². The van der Waals surface area contributed by atoms with Crippen LogP contribution in [-0.4, -0.2) is 77.4 Å². The summed E-state index contributed by atoms with van der Waals surface area (Å²) in [6.45, 7) is 3.99. The Morgan fingerprint density at radius 1 is 1.23 bits per heavy atom. The van der Waals surface area contributed by atoms with Crippen LogP contribution in [0.5, 0.6) is 11.5 Å². The van der Waals surface area contributed by atoms with Crippen LogP contribution in [-0.2, 0) is 0 Å². The standard InChI is InChI=1S/C17H21ClN4O4/c1-25-14-9-12-13(19-11-20-16(12)18)10-15(14)26-8-2-3-21-4-6-22(7-5-21)17(23)24/h9-11H,2-8H2,1H3,(H,23,24). The number of halogens is 1. The lowest BCUT2D eigenvalue weighted by atomic mass is 10.2. The van der Waals surface area contributed by atoms with Crippen LogP contribution in [0.3, 0.4) is 0 Å². The Morgan fingerprint density at radius 2 is 2.00 bits per heavy atom. The van der Waals surface area contributed by atoms with E-state index in [-0.39, 0.29) is 0 Å². The highest BCUT2D eigenvalue weighted by atomic mass is 35.5. The van der Waals surface area contributed by atoms with Crippen molar-refractivity contribution in [1.29, 1.82) is 0 Å². The molecule has 2 aromatic rings. The summed E-state index contributed by atoms with van der Waals surface area (Å²) < 4.78 is 11.2. The molecule has 9 heteroatoms. The van der Waals surface area contributed by atoms with E-state index in [4.69, 9.17) is 26.2 Å². The molecule has 1 fully saturated rings. The highest BCUT2D eigenvalue weighted by molar-refractivity contribution is 6.34. The minimum atomic E-state index is -0.847. The van der Waals surface area contributed by atoms with Gasteiger partial charge in [0.25, 0.3) is 0 Å². The van der Waals surface area contributed by atoms with Gasteiger partial charge in [-0.05, 0) is 12.5 Å². The van der Waals surface area contributed by atoms with E-state index < -0.39 is 6.09 Å². The molecule has 0 saturated carbocycles. The van der Waals surface area contributed by atoms with Gasteiger partial charge in [0.15, 0.2) is 11.5 Å². The summed E-state index contributed by atoms with van der Waals surface area (Å²) in [6, 6.07) is 3.57. The van der Waals surface area contributed by atoms with Gasteiger partial charge in [0.2, 0.25) is 0 Å². The SMILES string of the molecule is COc1cc2c(Cl)ncnc2cc1OCCCN1CCN(C(=O)O)CC1. The molecule has 0 radical (unpaired) electrons. The minimum Gasteiger partial charge on any atom is -0.493 e. The number of nitrogens with zero attached hydrogens (tertiary/aromatic N) is 4. The van der Waals surface area contributed by atoms with Crippen LogP contribution in [0, 0.1) is 0 Å². The third kappa shape index (κ3) is 4.25. The maximum atomic E-state index is 10.9. The molecule has 2 heterocycles. The molecule has 140 valence electrons. The van der Waals surface area contributed by atoms with Crippen LogP contribution >= 0.6 is 11.6 Å². The normalized spacial score (nSPS) is 15.2. The zero-order valence-corrected chi connectivity index (χ0v) is 15.3. The molecular weight excluding hydrogens is 360 g/mol. The third-order valence-electron chi connectivity index (χ3n) is 4.39. The van der Waals surface area contributed by atoms with Crippen molar-refractivity contribution in [2.24, 2.45) is 0 Å². The third-order valence-corrected chi connectivity index (χ3v) is 4.69. The zero-order valence-electron chi connectivity index (χ0n) is 14.5. The van der Waals surface area contributed by atoms with E-state index in [1.165, 1.54) is 11.2 Å². The average molecular weight is 381 g/mol. The molecule has 0 aliphatic carbocycles. The Balaban J connectivity index is 1.53. The summed E-state index contributed by atoms with van der Waals surface area (Å²) in [5.41, 5.74) is 0.700. The first-order chi connectivity index (χ1) is 12.6. The van der Waals surface area contributed by atoms with E-state index in [0.717, 1.165) is 31.4 Å². The summed E-state index contributed by atoms with van der Waals surface area (Å²) >= 11 is 6.09. The van der Waals surface area contributed by atoms with Crippen LogP contribution in [0.4, 0.5) is 4.79 Å². The van der Waals surface area contributed by atoms with E-state index in [1.807, 2.05) is 0 Å². The average Bonchev–Trinajstić information content (AvgIpc) is 2.65. The molecule has 26 heavy (non-hydrogen) atoms. The summed E-state index contributed by atoms with van der Waals surface area (Å²) in [4.78, 5) is 22.8. The van der Waals surface area contributed by atoms with Crippen LogP contribution in [0.15, 0.2) is 18.5 Å². The van der Waals surface area contributed by atoms with Gasteiger partial charge in [0, 0.05) is 44.2 Å². The number of piperazine rings is 1. The Kier molecular flexibility index (Phi) is 5.95. The van der Waals surface area contributed by atoms with E-state index in [0.29, 0.717) is 41.9 Å². The predicted molar refractivity (Wildman–Crippen MR) is 97.2 cm³/mol. The Labute approximate surface area is 156 Å². The second-order valence-corrected chi connectivity index (χ2v) is 6.36. The lowest BCUT2D eigenvalue weighted by molar-refractivity contribution is 0.103. The van der Waals surface area contributed by atoms with Crippen molar-refractivity contribution in [3.05, 3.63) is 23.6 Å². The van der Waals surface area contributed by atoms with Gasteiger partial charge < -0.3 is 19.5 Å². The number of rotatable bonds is 6. The molecule has 0 spiro atoms. The lowest BCUT2D eigenvalue weighted by Crippen LogP contribution is -2.48. The number of hydrogen-bond donors (Lipinski definition) is 1. The molecular formula is C17H21ClN4O4. The van der Waals surface area contributed by atoms with Crippen molar-refractivity contribution < 1.29 is 19.4 Å². The zero-order chi connectivity index (χ0) is 18.5. The van der Waals surface area contributed by atoms with Crippen molar-refractivity contribution in [2.45, 2.75) is 6.42 Å². The molecule has 0 atom stereocenters. The van der Waals surface area contributed by atoms with Crippen molar-refractivity contribution >= 4 is 28.6 Å². The second kappa shape index (κ2) is 8.37. The Hall–Kier alpha value is -2.32. The molecule has 0 unspecified atom stereocenters. The largest absolute Gasteiger partial charge is 0.493 e. The summed E-state index contributed by atoms with van der Waals surface area (Å²) in [7, 11) is 1.58. The maximum Gasteiger partial charge on any atom is 0.407 e. The number of benzene rings is 1. The molecule has 1 aromatic carbocycles. The predicted octanol–water partition coefficient (Wildman–Crippen LogP) is 2.36. The van der Waals surface area contributed by atoms with Gasteiger partial charge in [-0.2, -0.15) is 0 Å². The van der Waals surface area contributed by atoms with Gasteiger partial charge >= 0.3 is 6.09 Å². The van der Waals surface area contributed by atoms with Crippen molar-refractivity contribution in [3.8, 4) is 11.5 Å². The van der Waals surface area contributed by atoms with Gasteiger partial charge in [0.05, 0.1) is 19.2 Å². The van der Waals surface area contributed by atoms with Crippen LogP contribution in [0.1, 0.15) is 6.42 Å². The number of aromatic nitrogens is 2. The number of hydrogen-bond acceptors (Lipinski definition) is 6. The molecule has 1 N–H and O–H groups in total. The summed E-state index contributed by atoms with van der Waals surface area (Å²) in [5.74, 6) is 1.20. The number of carboxylic acid groups (broad SMARTS) is 1. The van der Waals surface area contributed by atoms with Crippen molar-refractivity contribution in [1.82, 2.24) is 19.8 Å². The molecule has 1 amide bonds. The van der Waals surface area contributed by atoms with E-state index in [2.05, 4.69) is 14.9 Å². The van der Waals surface area contributed by atoms with E-state index in [9.17, 15) is 4.79 Å². The Morgan fingerprint density at radius 3 is 2.69 bits per heavy atom. The number of ether oxygens (including phenoxy) is 2. The minimum absolute atomic E-state index is 0.375. The number of carbonyl (C=O) groups is 1. The molecule has 1 aromatic heterocycles. The molecule has 8 nitrogen and oxygen atoms in total. The van der Waals surface area contributed by atoms with E-state index >= 15 is 0 Å². The van der Waals surface area contributed by atoms with E-state index in [1.54, 1.807) is 19.2 Å². The molecule has 1 saturated heterocycles. The van der Waals surface area contributed by atoms with Gasteiger partial charge in [-0.15, -0.1) is 0 Å². The topological polar surface area (TPSA) is 88.0 Å². The summed E-state index contributed by atoms with van der Waals surface area (Å²) in [6.07, 6.45) is 1.40. The fourth-order valence-corrected chi connectivity index (χ4v) is 3.13. The first-order valence-electron chi connectivity index (χ1n) is 8.39. The van der Waals surface area contributed by atoms with Gasteiger partial charge in [-0.25, -0.2) is 14.8 Å². The molecule has 0 bridgehead atoms. The first kappa shape index (κ1) is 18.5. The first-order valence-corrected chi connectivity index (χ1v) is 8.77. The molecule has 3 rings (SSSR count). The highest BCUT2D eigenvalue weighted by Gasteiger charge is 2.19. The quantitative estimate of drug-likeness (QED) is 0.607. The summed E-state index contributed by atoms with van der Waals surface area (Å²) in [5, 5.41) is 10.1. The second-order valence-electron chi connectivity index (χ2n) is 6.00. The number of methoxy groups -OCH3 is 1. The highest BCUT2D eigenvalue weighted by Crippen LogP contribution is 2.33. The molecule has 1 aliphatic heterocycles. The van der Waals surface area contributed by atoms with Crippen LogP contribution < -0.4 is 9.47 Å². The van der Waals surface area contributed by atoms with Crippen molar-refractivity contribution in [3.63, 3.8) is 0 Å². The number of amides is 1. The smallest absolute Gasteiger partial charge is 0.407 e. The monoisotopic (exact) mass is 380 g/mol. The van der Waals surface area contributed by atoms with Gasteiger partial charge in [0.1, 0.15) is 11.5 Å². The Bertz CT molecular complexity index is 781. The number of fused-ring (bicyclic) bond motifs is 1. The maximum absolute atomic E-state index is 10.9. The van der Waals surface area contributed by atoms with Crippen LogP contribution in [0.25, 0.3) is 10.9 Å². The molecule has 1 aliphatic rings. The van der Waals surface area contributed by atoms with Gasteiger partial charge in [-0.3, -0.25) is 4.90 Å². The lowest BCUT2D eigenvalue weighted by Gasteiger charge is -2.32.